The van der Waals surface area contributed by atoms with E-state index in [1.165, 1.54) is 6.20 Å². The number of aromatic nitrogens is 1. The Kier molecular flexibility index (Phi) is 5.37. The fourth-order valence-corrected chi connectivity index (χ4v) is 1.95. The summed E-state index contributed by atoms with van der Waals surface area (Å²) in [5.41, 5.74) is 6.43. The molecule has 0 radical (unpaired) electrons. The zero-order valence-electron chi connectivity index (χ0n) is 12.0. The van der Waals surface area contributed by atoms with Gasteiger partial charge >= 0.3 is 0 Å². The lowest BCUT2D eigenvalue weighted by Crippen LogP contribution is -2.32. The molecule has 1 aromatic heterocycles. The number of nitroso groups, excluding NO2 is 1. The SMILES string of the molecule is NC(=O)c1cc[n+](C/C=C/CN2C=CC=CC2=CN=O)cc1. The van der Waals surface area contributed by atoms with Crippen LogP contribution in [0.4, 0.5) is 0 Å². The minimum absolute atomic E-state index is 0.435. The third-order valence-electron chi connectivity index (χ3n) is 3.12. The summed E-state index contributed by atoms with van der Waals surface area (Å²) in [6.07, 6.45) is 16.3. The van der Waals surface area contributed by atoms with Gasteiger partial charge in [-0.25, -0.2) is 4.57 Å². The lowest BCUT2D eigenvalue weighted by molar-refractivity contribution is -0.687. The fraction of sp³-hybridized carbons (Fsp3) is 0.125. The maximum absolute atomic E-state index is 11.0. The average Bonchev–Trinajstić information content (AvgIpc) is 2.53. The van der Waals surface area contributed by atoms with E-state index in [0.29, 0.717) is 18.7 Å². The van der Waals surface area contributed by atoms with E-state index in [1.807, 2.05) is 46.0 Å². The minimum atomic E-state index is -0.435. The van der Waals surface area contributed by atoms with E-state index in [1.54, 1.807) is 24.5 Å². The van der Waals surface area contributed by atoms with Gasteiger partial charge in [0.15, 0.2) is 18.9 Å². The summed E-state index contributed by atoms with van der Waals surface area (Å²) >= 11 is 0. The standard InChI is InChI=1S/C16H16N4O2/c17-16(21)14-6-11-19(12-7-14)8-3-4-10-20-9-2-1-5-15(20)13-18-22/h1-7,9,11-13H,8,10H2,(H-,17,21)/p+1/b4-3+,15-13?. The topological polar surface area (TPSA) is 79.6 Å². The predicted octanol–water partition coefficient (Wildman–Crippen LogP) is 1.62. The van der Waals surface area contributed by atoms with Crippen molar-refractivity contribution in [2.24, 2.45) is 10.9 Å². The molecule has 2 N–H and O–H groups in total. The van der Waals surface area contributed by atoms with E-state index in [4.69, 9.17) is 5.73 Å². The lowest BCUT2D eigenvalue weighted by atomic mass is 10.2. The molecule has 2 rings (SSSR count). The molecule has 1 aliphatic heterocycles. The van der Waals surface area contributed by atoms with E-state index in [2.05, 4.69) is 5.18 Å². The van der Waals surface area contributed by atoms with E-state index < -0.39 is 5.91 Å². The minimum Gasteiger partial charge on any atom is -0.366 e. The number of carbonyl (C=O) groups is 1. The van der Waals surface area contributed by atoms with Crippen LogP contribution < -0.4 is 10.3 Å². The summed E-state index contributed by atoms with van der Waals surface area (Å²) in [6.45, 7) is 1.32. The molecule has 0 bridgehead atoms. The van der Waals surface area contributed by atoms with Crippen LogP contribution in [0.25, 0.3) is 0 Å². The molecule has 1 aromatic rings. The molecule has 6 heteroatoms. The normalized spacial score (nSPS) is 15.6. The highest BCUT2D eigenvalue weighted by Gasteiger charge is 2.05. The van der Waals surface area contributed by atoms with Crippen LogP contribution in [0.1, 0.15) is 10.4 Å². The van der Waals surface area contributed by atoms with Crippen LogP contribution in [0.3, 0.4) is 0 Å². The summed E-state index contributed by atoms with van der Waals surface area (Å²) in [6, 6.07) is 3.37. The molecule has 0 spiro atoms. The molecule has 6 nitrogen and oxygen atoms in total. The van der Waals surface area contributed by atoms with E-state index in [-0.39, 0.29) is 0 Å². The first kappa shape index (κ1) is 15.4. The number of carbonyl (C=O) groups excluding carboxylic acids is 1. The van der Waals surface area contributed by atoms with Crippen LogP contribution in [-0.4, -0.2) is 17.4 Å². The number of amides is 1. The molecule has 0 aromatic carbocycles. The number of nitrogens with two attached hydrogens (primary N) is 1. The Balaban J connectivity index is 1.89. The Hall–Kier alpha value is -3.02. The smallest absolute Gasteiger partial charge is 0.249 e. The van der Waals surface area contributed by atoms with Crippen molar-refractivity contribution in [3.63, 3.8) is 0 Å². The molecular formula is C16H17N4O2+. The third-order valence-corrected chi connectivity index (χ3v) is 3.12. The number of hydrogen-bond acceptors (Lipinski definition) is 4. The number of hydrogen-bond donors (Lipinski definition) is 1. The Morgan fingerprint density at radius 3 is 2.73 bits per heavy atom. The number of primary amides is 1. The summed E-state index contributed by atoms with van der Waals surface area (Å²) < 4.78 is 1.93. The van der Waals surface area contributed by atoms with E-state index in [9.17, 15) is 9.70 Å². The van der Waals surface area contributed by atoms with Gasteiger partial charge in [0, 0.05) is 24.9 Å². The van der Waals surface area contributed by atoms with Gasteiger partial charge in [-0.3, -0.25) is 4.79 Å². The lowest BCUT2D eigenvalue weighted by Gasteiger charge is -2.20. The van der Waals surface area contributed by atoms with Crippen molar-refractivity contribution in [3.8, 4) is 0 Å². The molecule has 0 aliphatic carbocycles. The third kappa shape index (κ3) is 4.24. The molecule has 0 saturated heterocycles. The van der Waals surface area contributed by atoms with Crippen molar-refractivity contribution in [2.45, 2.75) is 6.54 Å². The second-order valence-corrected chi connectivity index (χ2v) is 4.63. The molecule has 0 unspecified atom stereocenters. The van der Waals surface area contributed by atoms with Crippen molar-refractivity contribution in [1.82, 2.24) is 4.90 Å². The van der Waals surface area contributed by atoms with Crippen LogP contribution in [0, 0.1) is 4.91 Å². The van der Waals surface area contributed by atoms with Crippen molar-refractivity contribution in [1.29, 1.82) is 0 Å². The van der Waals surface area contributed by atoms with E-state index in [0.717, 1.165) is 5.70 Å². The van der Waals surface area contributed by atoms with E-state index >= 15 is 0 Å². The molecule has 2 heterocycles. The van der Waals surface area contributed by atoms with Crippen LogP contribution in [0.5, 0.6) is 0 Å². The molecule has 22 heavy (non-hydrogen) atoms. The van der Waals surface area contributed by atoms with Crippen molar-refractivity contribution >= 4 is 5.91 Å². The largest absolute Gasteiger partial charge is 0.366 e. The van der Waals surface area contributed by atoms with Gasteiger partial charge < -0.3 is 10.6 Å². The number of nitrogens with zero attached hydrogens (tertiary/aromatic N) is 3. The second-order valence-electron chi connectivity index (χ2n) is 4.63. The first-order valence-electron chi connectivity index (χ1n) is 6.79. The first-order valence-corrected chi connectivity index (χ1v) is 6.79. The van der Waals surface area contributed by atoms with Gasteiger partial charge in [-0.05, 0) is 23.4 Å². The Labute approximate surface area is 128 Å². The molecule has 0 fully saturated rings. The zero-order chi connectivity index (χ0) is 15.8. The molecule has 0 atom stereocenters. The molecule has 112 valence electrons. The number of pyridine rings is 1. The predicted molar refractivity (Wildman–Crippen MR) is 83.2 cm³/mol. The molecule has 1 amide bonds. The highest BCUT2D eigenvalue weighted by molar-refractivity contribution is 5.92. The van der Waals surface area contributed by atoms with Crippen LogP contribution in [0.2, 0.25) is 0 Å². The van der Waals surface area contributed by atoms with Gasteiger partial charge in [-0.1, -0.05) is 12.2 Å². The van der Waals surface area contributed by atoms with Crippen LogP contribution in [-0.2, 0) is 6.54 Å². The van der Waals surface area contributed by atoms with Crippen LogP contribution >= 0.6 is 0 Å². The summed E-state index contributed by atoms with van der Waals surface area (Å²) in [4.78, 5) is 23.2. The maximum atomic E-state index is 11.0. The second kappa shape index (κ2) is 7.68. The number of rotatable bonds is 6. The van der Waals surface area contributed by atoms with Gasteiger partial charge in [-0.15, -0.1) is 4.91 Å². The van der Waals surface area contributed by atoms with Gasteiger partial charge in [0.05, 0.1) is 17.5 Å². The Morgan fingerprint density at radius 2 is 2.05 bits per heavy atom. The summed E-state index contributed by atoms with van der Waals surface area (Å²) in [5, 5.41) is 2.80. The first-order chi connectivity index (χ1) is 10.7. The van der Waals surface area contributed by atoms with Crippen molar-refractivity contribution < 1.29 is 9.36 Å². The number of allylic oxidation sites excluding steroid dienone is 4. The molecule has 0 saturated carbocycles. The highest BCUT2D eigenvalue weighted by Crippen LogP contribution is 2.12. The quantitative estimate of drug-likeness (QED) is 0.492. The Morgan fingerprint density at radius 1 is 1.27 bits per heavy atom. The zero-order valence-corrected chi connectivity index (χ0v) is 12.0. The van der Waals surface area contributed by atoms with Crippen molar-refractivity contribution in [2.75, 3.05) is 6.54 Å². The monoisotopic (exact) mass is 297 g/mol. The van der Waals surface area contributed by atoms with Gasteiger partial charge in [-0.2, -0.15) is 0 Å². The van der Waals surface area contributed by atoms with Gasteiger partial charge in [0.1, 0.15) is 0 Å². The molecule has 1 aliphatic rings. The summed E-state index contributed by atoms with van der Waals surface area (Å²) in [7, 11) is 0. The average molecular weight is 297 g/mol. The van der Waals surface area contributed by atoms with Gasteiger partial charge in [0.2, 0.25) is 5.91 Å². The summed E-state index contributed by atoms with van der Waals surface area (Å²) in [5.74, 6) is -0.435. The Bertz CT molecular complexity index is 657. The fourth-order valence-electron chi connectivity index (χ4n) is 1.95. The van der Waals surface area contributed by atoms with Crippen LogP contribution in [0.15, 0.2) is 78.2 Å². The molecular weight excluding hydrogens is 280 g/mol. The van der Waals surface area contributed by atoms with Crippen molar-refractivity contribution in [3.05, 3.63) is 83.5 Å². The highest BCUT2D eigenvalue weighted by atomic mass is 16.2. The maximum Gasteiger partial charge on any atom is 0.249 e. The van der Waals surface area contributed by atoms with Gasteiger partial charge in [0.25, 0.3) is 0 Å².